The fourth-order valence-corrected chi connectivity index (χ4v) is 2.34. The van der Waals surface area contributed by atoms with Gasteiger partial charge in [-0.25, -0.2) is 0 Å². The molecule has 1 rings (SSSR count). The summed E-state index contributed by atoms with van der Waals surface area (Å²) in [6.07, 6.45) is 1.87. The third kappa shape index (κ3) is 7.40. The van der Waals surface area contributed by atoms with Crippen LogP contribution in [0.5, 0.6) is 0 Å². The molecule has 7 heteroatoms. The number of aliphatic carboxylic acids is 1. The molecule has 0 aromatic carbocycles. The molecule has 2 N–H and O–H groups in total. The highest BCUT2D eigenvalue weighted by molar-refractivity contribution is 5.78. The van der Waals surface area contributed by atoms with E-state index in [1.54, 1.807) is 6.92 Å². The first-order valence-electron chi connectivity index (χ1n) is 7.16. The number of carboxylic acids is 1. The quantitative estimate of drug-likeness (QED) is 0.646. The Kier molecular flexibility index (Phi) is 7.63. The largest absolute Gasteiger partial charge is 0.481 e. The number of methoxy groups -OCH3 is 1. The maximum atomic E-state index is 11.9. The van der Waals surface area contributed by atoms with E-state index >= 15 is 0 Å². The number of ether oxygens (including phenoxy) is 3. The summed E-state index contributed by atoms with van der Waals surface area (Å²) in [7, 11) is 1.47. The highest BCUT2D eigenvalue weighted by atomic mass is 16.5. The third-order valence-corrected chi connectivity index (χ3v) is 3.30. The van der Waals surface area contributed by atoms with Gasteiger partial charge in [-0.1, -0.05) is 0 Å². The van der Waals surface area contributed by atoms with E-state index < -0.39 is 11.5 Å². The predicted molar refractivity (Wildman–Crippen MR) is 75.1 cm³/mol. The van der Waals surface area contributed by atoms with E-state index in [-0.39, 0.29) is 31.5 Å². The summed E-state index contributed by atoms with van der Waals surface area (Å²) < 4.78 is 15.8. The Morgan fingerprint density at radius 3 is 2.62 bits per heavy atom. The van der Waals surface area contributed by atoms with Gasteiger partial charge in [0.1, 0.15) is 0 Å². The Morgan fingerprint density at radius 2 is 2.05 bits per heavy atom. The number of carbonyl (C=O) groups excluding carboxylic acids is 1. The first kappa shape index (κ1) is 17.9. The molecular weight excluding hydrogens is 278 g/mol. The molecule has 1 atom stereocenters. The summed E-state index contributed by atoms with van der Waals surface area (Å²) in [6.45, 7) is 3.52. The molecule has 1 aliphatic heterocycles. The fraction of sp³-hybridized carbons (Fsp3) is 0.857. The number of nitrogens with one attached hydrogen (secondary N) is 1. The minimum Gasteiger partial charge on any atom is -0.481 e. The van der Waals surface area contributed by atoms with E-state index in [9.17, 15) is 9.59 Å². The van der Waals surface area contributed by atoms with Crippen LogP contribution < -0.4 is 5.32 Å². The third-order valence-electron chi connectivity index (χ3n) is 3.30. The van der Waals surface area contributed by atoms with Crippen LogP contribution in [0.15, 0.2) is 0 Å². The van der Waals surface area contributed by atoms with Gasteiger partial charge in [0.05, 0.1) is 31.3 Å². The SMILES string of the molecule is COCC(C)(CC(=O)O)NC(=O)CCOC1CCOCC1. The van der Waals surface area contributed by atoms with Crippen LogP contribution in [0, 0.1) is 0 Å². The molecule has 1 aliphatic rings. The Morgan fingerprint density at radius 1 is 1.38 bits per heavy atom. The van der Waals surface area contributed by atoms with Crippen molar-refractivity contribution in [2.45, 2.75) is 44.2 Å². The zero-order chi connectivity index (χ0) is 15.7. The molecule has 1 unspecified atom stereocenters. The Balaban J connectivity index is 2.30. The molecular formula is C14H25NO6. The molecule has 1 fully saturated rings. The first-order valence-corrected chi connectivity index (χ1v) is 7.16. The maximum Gasteiger partial charge on any atom is 0.305 e. The van der Waals surface area contributed by atoms with Crippen molar-refractivity contribution >= 4 is 11.9 Å². The predicted octanol–water partition coefficient (Wildman–Crippen LogP) is 0.568. The second kappa shape index (κ2) is 8.96. The fourth-order valence-electron chi connectivity index (χ4n) is 2.34. The van der Waals surface area contributed by atoms with Crippen LogP contribution in [0.3, 0.4) is 0 Å². The summed E-state index contributed by atoms with van der Waals surface area (Å²) in [5, 5.41) is 11.6. The second-order valence-corrected chi connectivity index (χ2v) is 5.54. The van der Waals surface area contributed by atoms with Crippen molar-refractivity contribution in [3.05, 3.63) is 0 Å². The van der Waals surface area contributed by atoms with E-state index in [1.807, 2.05) is 0 Å². The van der Waals surface area contributed by atoms with Crippen LogP contribution >= 0.6 is 0 Å². The molecule has 1 amide bonds. The van der Waals surface area contributed by atoms with Gasteiger partial charge in [0.15, 0.2) is 0 Å². The maximum absolute atomic E-state index is 11.9. The smallest absolute Gasteiger partial charge is 0.305 e. The van der Waals surface area contributed by atoms with Crippen LogP contribution in [0.1, 0.15) is 32.6 Å². The van der Waals surface area contributed by atoms with Gasteiger partial charge in [-0.2, -0.15) is 0 Å². The molecule has 1 heterocycles. The van der Waals surface area contributed by atoms with E-state index in [4.69, 9.17) is 19.3 Å². The summed E-state index contributed by atoms with van der Waals surface area (Å²) in [6, 6.07) is 0. The van der Waals surface area contributed by atoms with Crippen molar-refractivity contribution in [2.75, 3.05) is 33.5 Å². The number of hydrogen-bond donors (Lipinski definition) is 2. The highest BCUT2D eigenvalue weighted by Gasteiger charge is 2.29. The molecule has 7 nitrogen and oxygen atoms in total. The molecule has 0 saturated carbocycles. The second-order valence-electron chi connectivity index (χ2n) is 5.54. The van der Waals surface area contributed by atoms with Crippen molar-refractivity contribution in [1.29, 1.82) is 0 Å². The zero-order valence-electron chi connectivity index (χ0n) is 12.7. The minimum absolute atomic E-state index is 0.145. The van der Waals surface area contributed by atoms with Gasteiger partial charge in [-0.05, 0) is 19.8 Å². The van der Waals surface area contributed by atoms with Gasteiger partial charge in [0.25, 0.3) is 0 Å². The van der Waals surface area contributed by atoms with Crippen LogP contribution in [0.2, 0.25) is 0 Å². The molecule has 122 valence electrons. The molecule has 0 bridgehead atoms. The molecule has 0 radical (unpaired) electrons. The lowest BCUT2D eigenvalue weighted by Crippen LogP contribution is -2.51. The van der Waals surface area contributed by atoms with E-state index in [0.29, 0.717) is 19.8 Å². The highest BCUT2D eigenvalue weighted by Crippen LogP contribution is 2.12. The Labute approximate surface area is 124 Å². The number of carboxylic acid groups (broad SMARTS) is 1. The van der Waals surface area contributed by atoms with Gasteiger partial charge >= 0.3 is 5.97 Å². The normalized spacial score (nSPS) is 19.0. The lowest BCUT2D eigenvalue weighted by atomic mass is 9.99. The van der Waals surface area contributed by atoms with Gasteiger partial charge in [0, 0.05) is 26.7 Å². The van der Waals surface area contributed by atoms with E-state index in [2.05, 4.69) is 5.32 Å². The van der Waals surface area contributed by atoms with Crippen LogP contribution in [0.25, 0.3) is 0 Å². The lowest BCUT2D eigenvalue weighted by molar-refractivity contribution is -0.139. The van der Waals surface area contributed by atoms with Crippen molar-refractivity contribution in [2.24, 2.45) is 0 Å². The van der Waals surface area contributed by atoms with Gasteiger partial charge in [-0.15, -0.1) is 0 Å². The standard InChI is InChI=1S/C14H25NO6/c1-14(10-19-2,9-13(17)18)15-12(16)5-8-21-11-3-6-20-7-4-11/h11H,3-10H2,1-2H3,(H,15,16)(H,17,18). The molecule has 1 saturated heterocycles. The molecule has 0 spiro atoms. The summed E-state index contributed by atoms with van der Waals surface area (Å²) >= 11 is 0. The zero-order valence-corrected chi connectivity index (χ0v) is 12.7. The topological polar surface area (TPSA) is 94.1 Å². The van der Waals surface area contributed by atoms with Crippen molar-refractivity contribution < 1.29 is 28.9 Å². The number of rotatable bonds is 9. The number of carbonyl (C=O) groups is 2. The average Bonchev–Trinajstić information content (AvgIpc) is 2.38. The van der Waals surface area contributed by atoms with Crippen LogP contribution in [0.4, 0.5) is 0 Å². The van der Waals surface area contributed by atoms with Crippen LogP contribution in [-0.2, 0) is 23.8 Å². The summed E-state index contributed by atoms with van der Waals surface area (Å²) in [5.41, 5.74) is -0.906. The Hall–Kier alpha value is -1.18. The summed E-state index contributed by atoms with van der Waals surface area (Å²) in [4.78, 5) is 22.7. The average molecular weight is 303 g/mol. The van der Waals surface area contributed by atoms with E-state index in [1.165, 1.54) is 7.11 Å². The van der Waals surface area contributed by atoms with Crippen LogP contribution in [-0.4, -0.2) is 62.2 Å². The Bertz CT molecular complexity index is 342. The van der Waals surface area contributed by atoms with Crippen molar-refractivity contribution in [3.8, 4) is 0 Å². The summed E-state index contributed by atoms with van der Waals surface area (Å²) in [5.74, 6) is -1.21. The monoisotopic (exact) mass is 303 g/mol. The number of amides is 1. The first-order chi connectivity index (χ1) is 9.95. The van der Waals surface area contributed by atoms with Gasteiger partial charge < -0.3 is 24.6 Å². The number of hydrogen-bond acceptors (Lipinski definition) is 5. The minimum atomic E-state index is -0.978. The van der Waals surface area contributed by atoms with Crippen molar-refractivity contribution in [3.63, 3.8) is 0 Å². The lowest BCUT2D eigenvalue weighted by Gasteiger charge is -2.28. The molecule has 0 aromatic heterocycles. The van der Waals surface area contributed by atoms with Gasteiger partial charge in [0.2, 0.25) is 5.91 Å². The van der Waals surface area contributed by atoms with Crippen molar-refractivity contribution in [1.82, 2.24) is 5.32 Å². The molecule has 0 aromatic rings. The van der Waals surface area contributed by atoms with Gasteiger partial charge in [-0.3, -0.25) is 9.59 Å². The van der Waals surface area contributed by atoms with E-state index in [0.717, 1.165) is 12.8 Å². The molecule has 0 aliphatic carbocycles. The molecule has 21 heavy (non-hydrogen) atoms.